The minimum absolute atomic E-state index is 0.0143. The molecule has 14 heteroatoms. The van der Waals surface area contributed by atoms with Crippen molar-refractivity contribution in [2.75, 3.05) is 49.4 Å². The van der Waals surface area contributed by atoms with E-state index in [9.17, 15) is 22.2 Å². The van der Waals surface area contributed by atoms with Gasteiger partial charge in [0.25, 0.3) is 5.91 Å². The molecule has 1 aliphatic carbocycles. The Morgan fingerprint density at radius 1 is 1.13 bits per heavy atom. The van der Waals surface area contributed by atoms with Crippen molar-refractivity contribution in [3.63, 3.8) is 0 Å². The van der Waals surface area contributed by atoms with Gasteiger partial charge in [0.2, 0.25) is 5.95 Å². The molecule has 10 nitrogen and oxygen atoms in total. The van der Waals surface area contributed by atoms with Crippen LogP contribution in [-0.4, -0.2) is 71.6 Å². The number of aryl methyl sites for hydroxylation is 1. The lowest BCUT2D eigenvalue weighted by atomic mass is 9.79. The molecule has 3 aromatic rings. The average molecular weight is 676 g/mol. The molecule has 3 N–H and O–H groups in total. The highest BCUT2D eigenvalue weighted by molar-refractivity contribution is 7.85. The van der Waals surface area contributed by atoms with Crippen LogP contribution in [0.5, 0.6) is 5.75 Å². The fraction of sp³-hybridized carbons (Fsp3) is 0.485. The summed E-state index contributed by atoms with van der Waals surface area (Å²) in [6, 6.07) is 10.8. The Morgan fingerprint density at radius 2 is 1.87 bits per heavy atom. The van der Waals surface area contributed by atoms with Crippen LogP contribution >= 0.6 is 0 Å². The molecular formula is C33H44F3N7O3S. The van der Waals surface area contributed by atoms with E-state index in [1.165, 1.54) is 13.4 Å². The molecule has 1 aliphatic rings. The van der Waals surface area contributed by atoms with Crippen LogP contribution in [0.2, 0.25) is 0 Å². The molecule has 0 spiro atoms. The molecule has 47 heavy (non-hydrogen) atoms. The molecule has 0 saturated heterocycles. The molecule has 4 rings (SSSR count). The van der Waals surface area contributed by atoms with E-state index in [-0.39, 0.29) is 24.4 Å². The summed E-state index contributed by atoms with van der Waals surface area (Å²) in [5.74, 6) is 0.0540. The van der Waals surface area contributed by atoms with Crippen molar-refractivity contribution in [2.24, 2.45) is 5.92 Å². The number of ether oxygens (including phenoxy) is 1. The lowest BCUT2D eigenvalue weighted by Gasteiger charge is -2.39. The molecule has 2 aromatic carbocycles. The van der Waals surface area contributed by atoms with E-state index in [1.54, 1.807) is 35.6 Å². The maximum atomic E-state index is 14.0. The van der Waals surface area contributed by atoms with Crippen LogP contribution in [0.15, 0.2) is 42.6 Å². The minimum Gasteiger partial charge on any atom is -0.495 e. The Bertz CT molecular complexity index is 1590. The molecule has 1 heterocycles. The molecule has 0 radical (unpaired) electrons. The third-order valence-corrected chi connectivity index (χ3v) is 9.65. The first-order valence-corrected chi connectivity index (χ1v) is 17.0. The number of carbonyl (C=O) groups excluding carboxylic acids is 1. The number of carbonyl (C=O) groups is 1. The summed E-state index contributed by atoms with van der Waals surface area (Å²) >= 11 is 0. The minimum atomic E-state index is -4.71. The van der Waals surface area contributed by atoms with Crippen molar-refractivity contribution in [2.45, 2.75) is 64.3 Å². The Labute approximate surface area is 277 Å². The van der Waals surface area contributed by atoms with Crippen LogP contribution in [0.4, 0.5) is 36.3 Å². The number of amides is 1. The normalized spacial score (nSPS) is 18.8. The van der Waals surface area contributed by atoms with Gasteiger partial charge in [-0.15, -0.1) is 0 Å². The van der Waals surface area contributed by atoms with Crippen LogP contribution in [0, 0.1) is 12.8 Å². The standard InChI is InChI=1S/C33H44F3N7O3S/c1-8-21-16-24(12-14-27(21)42(3)4)39-31(44)22-11-13-26(29(17-22)46-6)40-32-38-19-25(33(34,35)36)30(41-32)37-18-23-10-9-20(2)15-28(23)43(5)47(7)45/h9-11,13,15,17,19,21,24,27H,8,12,14,16,18H2,1-7H3,(H,39,44)(H2,37,38,40,41). The summed E-state index contributed by atoms with van der Waals surface area (Å²) in [5, 5.41) is 8.89. The van der Waals surface area contributed by atoms with Gasteiger partial charge in [-0.25, -0.2) is 9.19 Å². The molecule has 4 unspecified atom stereocenters. The lowest BCUT2D eigenvalue weighted by molar-refractivity contribution is -0.137. The molecule has 1 saturated carbocycles. The summed E-state index contributed by atoms with van der Waals surface area (Å²) in [4.78, 5) is 23.5. The van der Waals surface area contributed by atoms with E-state index in [0.717, 1.165) is 31.2 Å². The molecule has 0 bridgehead atoms. The molecule has 1 amide bonds. The monoisotopic (exact) mass is 675 g/mol. The van der Waals surface area contributed by atoms with E-state index in [4.69, 9.17) is 4.74 Å². The predicted octanol–water partition coefficient (Wildman–Crippen LogP) is 6.14. The summed E-state index contributed by atoms with van der Waals surface area (Å²) in [6.07, 6.45) is 1.37. The summed E-state index contributed by atoms with van der Waals surface area (Å²) in [6.45, 7) is 4.04. The Hall–Kier alpha value is -3.91. The van der Waals surface area contributed by atoms with Gasteiger partial charge in [0.1, 0.15) is 28.1 Å². The van der Waals surface area contributed by atoms with Crippen molar-refractivity contribution in [1.29, 1.82) is 0 Å². The van der Waals surface area contributed by atoms with Crippen LogP contribution in [0.25, 0.3) is 0 Å². The van der Waals surface area contributed by atoms with Crippen LogP contribution in [0.1, 0.15) is 59.7 Å². The van der Waals surface area contributed by atoms with Crippen LogP contribution < -0.4 is 25.0 Å². The maximum absolute atomic E-state index is 14.0. The van der Waals surface area contributed by atoms with Crippen molar-refractivity contribution in [1.82, 2.24) is 20.2 Å². The third-order valence-electron chi connectivity index (χ3n) is 8.68. The van der Waals surface area contributed by atoms with Gasteiger partial charge < -0.3 is 25.6 Å². The second kappa shape index (κ2) is 15.3. The van der Waals surface area contributed by atoms with Gasteiger partial charge in [0, 0.05) is 43.7 Å². The Balaban J connectivity index is 1.52. The summed E-state index contributed by atoms with van der Waals surface area (Å²) in [5.41, 5.74) is 1.92. The van der Waals surface area contributed by atoms with Gasteiger partial charge in [-0.3, -0.25) is 9.10 Å². The smallest absolute Gasteiger partial charge is 0.421 e. The zero-order valence-electron chi connectivity index (χ0n) is 27.9. The highest BCUT2D eigenvalue weighted by atomic mass is 32.2. The second-order valence-corrected chi connectivity index (χ2v) is 13.5. The zero-order valence-corrected chi connectivity index (χ0v) is 28.7. The van der Waals surface area contributed by atoms with Gasteiger partial charge in [0.05, 0.1) is 18.5 Å². The average Bonchev–Trinajstić information content (AvgIpc) is 3.03. The number of hydrogen-bond acceptors (Lipinski definition) is 8. The molecule has 256 valence electrons. The van der Waals surface area contributed by atoms with Crippen LogP contribution in [-0.2, 0) is 23.7 Å². The topological polar surface area (TPSA) is 112 Å². The van der Waals surface area contributed by atoms with E-state index in [2.05, 4.69) is 51.8 Å². The van der Waals surface area contributed by atoms with Crippen molar-refractivity contribution in [3.8, 4) is 5.75 Å². The number of halogens is 3. The number of aromatic nitrogens is 2. The molecule has 4 atom stereocenters. The van der Waals surface area contributed by atoms with Gasteiger partial charge in [-0.2, -0.15) is 18.2 Å². The Morgan fingerprint density at radius 3 is 2.51 bits per heavy atom. The zero-order chi connectivity index (χ0) is 34.5. The first kappa shape index (κ1) is 35.9. The first-order chi connectivity index (χ1) is 22.2. The molecular weight excluding hydrogens is 631 g/mol. The first-order valence-electron chi connectivity index (χ1n) is 15.5. The van der Waals surface area contributed by atoms with E-state index in [1.807, 2.05) is 19.1 Å². The highest BCUT2D eigenvalue weighted by Gasteiger charge is 2.36. The molecule has 1 fully saturated rings. The largest absolute Gasteiger partial charge is 0.495 e. The highest BCUT2D eigenvalue weighted by Crippen LogP contribution is 2.36. The number of hydrogen-bond donors (Lipinski definition) is 3. The summed E-state index contributed by atoms with van der Waals surface area (Å²) in [7, 11) is 5.95. The second-order valence-electron chi connectivity index (χ2n) is 12.1. The molecule has 1 aromatic heterocycles. The van der Waals surface area contributed by atoms with Crippen molar-refractivity contribution in [3.05, 3.63) is 64.8 Å². The fourth-order valence-corrected chi connectivity index (χ4v) is 6.49. The van der Waals surface area contributed by atoms with Crippen LogP contribution in [0.3, 0.4) is 0 Å². The number of benzene rings is 2. The molecule has 0 aliphatic heterocycles. The summed E-state index contributed by atoms with van der Waals surface area (Å²) < 4.78 is 61.1. The number of nitrogens with one attached hydrogen (secondary N) is 3. The maximum Gasteiger partial charge on any atom is 0.421 e. The number of nitrogens with zero attached hydrogens (tertiary/aromatic N) is 4. The van der Waals surface area contributed by atoms with E-state index >= 15 is 0 Å². The van der Waals surface area contributed by atoms with Gasteiger partial charge >= 0.3 is 6.18 Å². The lowest BCUT2D eigenvalue weighted by Crippen LogP contribution is -2.46. The van der Waals surface area contributed by atoms with E-state index < -0.39 is 28.5 Å². The van der Waals surface area contributed by atoms with Gasteiger partial charge in [0.15, 0.2) is 0 Å². The Kier molecular flexibility index (Phi) is 11.7. The number of rotatable bonds is 12. The van der Waals surface area contributed by atoms with Crippen molar-refractivity contribution < 1.29 is 26.9 Å². The predicted molar refractivity (Wildman–Crippen MR) is 181 cm³/mol. The van der Waals surface area contributed by atoms with Crippen molar-refractivity contribution >= 4 is 40.0 Å². The number of anilines is 4. The van der Waals surface area contributed by atoms with E-state index in [0.29, 0.717) is 46.4 Å². The number of methoxy groups -OCH3 is 1. The van der Waals surface area contributed by atoms with Gasteiger partial charge in [-0.1, -0.05) is 25.5 Å². The number of alkyl halides is 3. The quantitative estimate of drug-likeness (QED) is 0.210. The van der Waals surface area contributed by atoms with Gasteiger partial charge in [-0.05, 0) is 81.6 Å². The fourth-order valence-electron chi connectivity index (χ4n) is 6.04. The SMILES string of the molecule is CCC1CC(NC(=O)c2ccc(Nc3ncc(C(F)(F)F)c(NCc4ccc(C)cc4N(C)S(C)=O)n3)c(OC)c2)CCC1N(C)C. The third kappa shape index (κ3) is 8.92.